The number of furan rings is 1. The molecule has 1 atom stereocenters. The molecule has 0 spiro atoms. The van der Waals surface area contributed by atoms with Gasteiger partial charge in [0.1, 0.15) is 0 Å². The molecular weight excluding hydrogens is 224 g/mol. The minimum atomic E-state index is -0.184. The van der Waals surface area contributed by atoms with Crippen LogP contribution in [0.2, 0.25) is 0 Å². The van der Waals surface area contributed by atoms with E-state index in [2.05, 4.69) is 5.32 Å². The van der Waals surface area contributed by atoms with Gasteiger partial charge in [0.2, 0.25) is 0 Å². The standard InChI is InChI=1S/C11H16N2O2S/c1-16-10-5-4-9(15-10)11(14)13-6-8(12)7-2-3-7/h4-5,7-8H,2-3,6,12H2,1H3,(H,13,14). The normalized spacial score (nSPS) is 17.1. The molecule has 1 aromatic rings. The van der Waals surface area contributed by atoms with Crippen molar-refractivity contribution in [3.05, 3.63) is 17.9 Å². The number of rotatable bonds is 5. The smallest absolute Gasteiger partial charge is 0.287 e. The summed E-state index contributed by atoms with van der Waals surface area (Å²) in [5, 5.41) is 3.54. The van der Waals surface area contributed by atoms with Crippen LogP contribution in [0, 0.1) is 5.92 Å². The van der Waals surface area contributed by atoms with E-state index in [0.717, 1.165) is 5.09 Å². The maximum Gasteiger partial charge on any atom is 0.287 e. The van der Waals surface area contributed by atoms with E-state index < -0.39 is 0 Å². The number of carbonyl (C=O) groups excluding carboxylic acids is 1. The molecule has 2 rings (SSSR count). The zero-order valence-corrected chi connectivity index (χ0v) is 10.0. The van der Waals surface area contributed by atoms with Crippen molar-refractivity contribution in [3.63, 3.8) is 0 Å². The SMILES string of the molecule is CSc1ccc(C(=O)NCC(N)C2CC2)o1. The molecule has 0 aliphatic heterocycles. The first-order valence-electron chi connectivity index (χ1n) is 5.38. The second kappa shape index (κ2) is 4.93. The Hall–Kier alpha value is -0.940. The molecule has 1 aliphatic carbocycles. The summed E-state index contributed by atoms with van der Waals surface area (Å²) >= 11 is 1.47. The van der Waals surface area contributed by atoms with Gasteiger partial charge in [-0.1, -0.05) is 11.8 Å². The van der Waals surface area contributed by atoms with Crippen LogP contribution >= 0.6 is 11.8 Å². The molecule has 1 fully saturated rings. The molecule has 0 radical (unpaired) electrons. The Morgan fingerprint density at radius 3 is 3.00 bits per heavy atom. The minimum Gasteiger partial charge on any atom is -0.445 e. The monoisotopic (exact) mass is 240 g/mol. The largest absolute Gasteiger partial charge is 0.445 e. The lowest BCUT2D eigenvalue weighted by Gasteiger charge is -2.10. The fourth-order valence-electron chi connectivity index (χ4n) is 1.54. The van der Waals surface area contributed by atoms with Gasteiger partial charge in [-0.25, -0.2) is 0 Å². The summed E-state index contributed by atoms with van der Waals surface area (Å²) in [4.78, 5) is 11.7. The van der Waals surface area contributed by atoms with Crippen LogP contribution < -0.4 is 11.1 Å². The summed E-state index contributed by atoms with van der Waals surface area (Å²) in [7, 11) is 0. The Kier molecular flexibility index (Phi) is 3.56. The van der Waals surface area contributed by atoms with Crippen molar-refractivity contribution >= 4 is 17.7 Å². The summed E-state index contributed by atoms with van der Waals surface area (Å²) in [5.74, 6) is 0.766. The molecule has 1 saturated carbocycles. The molecule has 1 heterocycles. The molecule has 0 bridgehead atoms. The molecule has 0 saturated heterocycles. The predicted octanol–water partition coefficient (Wildman–Crippen LogP) is 1.47. The molecule has 1 aliphatic rings. The van der Waals surface area contributed by atoms with Crippen LogP contribution in [-0.4, -0.2) is 24.7 Å². The molecule has 5 heteroatoms. The number of hydrogen-bond acceptors (Lipinski definition) is 4. The fraction of sp³-hybridized carbons (Fsp3) is 0.545. The average Bonchev–Trinajstić information content (AvgIpc) is 3.03. The topological polar surface area (TPSA) is 68.3 Å². The van der Waals surface area contributed by atoms with Crippen molar-refractivity contribution < 1.29 is 9.21 Å². The Morgan fingerprint density at radius 1 is 1.69 bits per heavy atom. The third-order valence-electron chi connectivity index (χ3n) is 2.73. The summed E-state index contributed by atoms with van der Waals surface area (Å²) in [6.45, 7) is 0.527. The molecule has 1 amide bonds. The Labute approximate surface area is 98.9 Å². The summed E-state index contributed by atoms with van der Waals surface area (Å²) in [6.07, 6.45) is 4.28. The van der Waals surface area contributed by atoms with Crippen LogP contribution in [0.15, 0.2) is 21.6 Å². The van der Waals surface area contributed by atoms with E-state index in [0.29, 0.717) is 18.2 Å². The predicted molar refractivity (Wildman–Crippen MR) is 63.5 cm³/mol. The molecule has 1 aromatic heterocycles. The molecule has 3 N–H and O–H groups in total. The molecule has 0 aromatic carbocycles. The van der Waals surface area contributed by atoms with E-state index in [1.807, 2.05) is 6.26 Å². The van der Waals surface area contributed by atoms with Gasteiger partial charge < -0.3 is 15.5 Å². The Balaban J connectivity index is 1.82. The van der Waals surface area contributed by atoms with Gasteiger partial charge >= 0.3 is 0 Å². The average molecular weight is 240 g/mol. The van der Waals surface area contributed by atoms with Crippen LogP contribution in [0.1, 0.15) is 23.4 Å². The third-order valence-corrected chi connectivity index (χ3v) is 3.35. The van der Waals surface area contributed by atoms with E-state index >= 15 is 0 Å². The third kappa shape index (κ3) is 2.80. The van der Waals surface area contributed by atoms with Crippen LogP contribution in [0.5, 0.6) is 0 Å². The fourth-order valence-corrected chi connectivity index (χ4v) is 1.92. The summed E-state index contributed by atoms with van der Waals surface area (Å²) in [5.41, 5.74) is 5.89. The van der Waals surface area contributed by atoms with Crippen molar-refractivity contribution in [3.8, 4) is 0 Å². The van der Waals surface area contributed by atoms with Crippen molar-refractivity contribution in [1.82, 2.24) is 5.32 Å². The van der Waals surface area contributed by atoms with Crippen molar-refractivity contribution in [2.45, 2.75) is 24.0 Å². The van der Waals surface area contributed by atoms with E-state index in [1.54, 1.807) is 12.1 Å². The van der Waals surface area contributed by atoms with Crippen molar-refractivity contribution in [2.75, 3.05) is 12.8 Å². The lowest BCUT2D eigenvalue weighted by Crippen LogP contribution is -2.38. The minimum absolute atomic E-state index is 0.0823. The van der Waals surface area contributed by atoms with Crippen LogP contribution in [0.4, 0.5) is 0 Å². The zero-order chi connectivity index (χ0) is 11.5. The maximum atomic E-state index is 11.7. The Morgan fingerprint density at radius 2 is 2.44 bits per heavy atom. The number of hydrogen-bond donors (Lipinski definition) is 2. The number of nitrogens with one attached hydrogen (secondary N) is 1. The van der Waals surface area contributed by atoms with E-state index in [4.69, 9.17) is 10.2 Å². The highest BCUT2D eigenvalue weighted by Gasteiger charge is 2.28. The molecule has 1 unspecified atom stereocenters. The van der Waals surface area contributed by atoms with E-state index in [1.165, 1.54) is 24.6 Å². The molecule has 16 heavy (non-hydrogen) atoms. The number of amides is 1. The second-order valence-corrected chi connectivity index (χ2v) is 4.84. The lowest BCUT2D eigenvalue weighted by molar-refractivity contribution is 0.0917. The molecular formula is C11H16N2O2S. The van der Waals surface area contributed by atoms with Gasteiger partial charge in [0.15, 0.2) is 10.9 Å². The van der Waals surface area contributed by atoms with Crippen molar-refractivity contribution in [1.29, 1.82) is 0 Å². The van der Waals surface area contributed by atoms with E-state index in [9.17, 15) is 4.79 Å². The lowest BCUT2D eigenvalue weighted by atomic mass is 10.2. The van der Waals surface area contributed by atoms with Crippen LogP contribution in [0.3, 0.4) is 0 Å². The first-order chi connectivity index (χ1) is 7.70. The van der Waals surface area contributed by atoms with Crippen LogP contribution in [0.25, 0.3) is 0 Å². The second-order valence-electron chi connectivity index (χ2n) is 4.03. The van der Waals surface area contributed by atoms with Crippen LogP contribution in [-0.2, 0) is 0 Å². The Bertz CT molecular complexity index is 374. The van der Waals surface area contributed by atoms with Gasteiger partial charge in [0.05, 0.1) is 0 Å². The number of carbonyl (C=O) groups is 1. The molecule has 4 nitrogen and oxygen atoms in total. The highest BCUT2D eigenvalue weighted by atomic mass is 32.2. The van der Waals surface area contributed by atoms with Crippen molar-refractivity contribution in [2.24, 2.45) is 11.7 Å². The highest BCUT2D eigenvalue weighted by molar-refractivity contribution is 7.98. The van der Waals surface area contributed by atoms with Gasteiger partial charge in [-0.3, -0.25) is 4.79 Å². The highest BCUT2D eigenvalue weighted by Crippen LogP contribution is 2.31. The summed E-state index contributed by atoms with van der Waals surface area (Å²) < 4.78 is 5.31. The van der Waals surface area contributed by atoms with Gasteiger partial charge in [0, 0.05) is 12.6 Å². The van der Waals surface area contributed by atoms with Gasteiger partial charge in [-0.05, 0) is 37.1 Å². The first kappa shape index (κ1) is 11.5. The van der Waals surface area contributed by atoms with E-state index in [-0.39, 0.29) is 11.9 Å². The first-order valence-corrected chi connectivity index (χ1v) is 6.61. The zero-order valence-electron chi connectivity index (χ0n) is 9.23. The van der Waals surface area contributed by atoms with Gasteiger partial charge in [-0.2, -0.15) is 0 Å². The number of thioether (sulfide) groups is 1. The number of nitrogens with two attached hydrogens (primary N) is 1. The molecule has 88 valence electrons. The maximum absolute atomic E-state index is 11.7. The summed E-state index contributed by atoms with van der Waals surface area (Å²) in [6, 6.07) is 3.56. The van der Waals surface area contributed by atoms with Gasteiger partial charge in [-0.15, -0.1) is 0 Å². The quantitative estimate of drug-likeness (QED) is 0.765. The van der Waals surface area contributed by atoms with Gasteiger partial charge in [0.25, 0.3) is 5.91 Å².